The van der Waals surface area contributed by atoms with Gasteiger partial charge in [-0.1, -0.05) is 0 Å². The Morgan fingerprint density at radius 2 is 2.44 bits per heavy atom. The molecule has 0 bridgehead atoms. The van der Waals surface area contributed by atoms with E-state index in [2.05, 4.69) is 5.32 Å². The number of carboxylic acids is 1. The minimum absolute atomic E-state index is 0.184. The molecule has 1 fully saturated rings. The normalized spacial score (nSPS) is 26.9. The molecule has 0 amide bonds. The Morgan fingerprint density at radius 1 is 1.69 bits per heavy atom. The van der Waals surface area contributed by atoms with Crippen LogP contribution in [0.3, 0.4) is 0 Å². The summed E-state index contributed by atoms with van der Waals surface area (Å²) in [7, 11) is 1.69. The van der Waals surface area contributed by atoms with Crippen LogP contribution >= 0.6 is 0 Å². The van der Waals surface area contributed by atoms with Gasteiger partial charge in [0, 0.05) is 39.1 Å². The number of carboxylic acid groups (broad SMARTS) is 1. The minimum Gasteiger partial charge on any atom is -0.481 e. The molecule has 0 spiro atoms. The van der Waals surface area contributed by atoms with Gasteiger partial charge >= 0.3 is 5.97 Å². The van der Waals surface area contributed by atoms with Crippen LogP contribution in [0, 0.1) is 0 Å². The largest absolute Gasteiger partial charge is 0.481 e. The average Bonchev–Trinajstić information content (AvgIpc) is 2.73. The SMILES string of the molecule is COC1(CNC(C)CCC(=O)O)CCOC1. The first kappa shape index (κ1) is 13.4. The zero-order valence-electron chi connectivity index (χ0n) is 9.99. The third-order valence-corrected chi connectivity index (χ3v) is 3.06. The van der Waals surface area contributed by atoms with E-state index in [0.29, 0.717) is 19.6 Å². The number of hydrogen-bond donors (Lipinski definition) is 2. The molecule has 94 valence electrons. The highest BCUT2D eigenvalue weighted by Gasteiger charge is 2.34. The van der Waals surface area contributed by atoms with Crippen LogP contribution in [0.15, 0.2) is 0 Å². The fourth-order valence-corrected chi connectivity index (χ4v) is 1.76. The highest BCUT2D eigenvalue weighted by atomic mass is 16.5. The Labute approximate surface area is 96.1 Å². The third kappa shape index (κ3) is 4.08. The standard InChI is InChI=1S/C11H21NO4/c1-9(3-4-10(13)14)12-7-11(15-2)5-6-16-8-11/h9,12H,3-8H2,1-2H3,(H,13,14). The van der Waals surface area contributed by atoms with E-state index in [1.54, 1.807) is 7.11 Å². The fourth-order valence-electron chi connectivity index (χ4n) is 1.76. The van der Waals surface area contributed by atoms with Crippen molar-refractivity contribution in [3.63, 3.8) is 0 Å². The number of ether oxygens (including phenoxy) is 2. The smallest absolute Gasteiger partial charge is 0.303 e. The lowest BCUT2D eigenvalue weighted by atomic mass is 10.0. The molecular weight excluding hydrogens is 210 g/mol. The van der Waals surface area contributed by atoms with E-state index in [9.17, 15) is 4.79 Å². The molecule has 2 unspecified atom stereocenters. The van der Waals surface area contributed by atoms with Crippen molar-refractivity contribution in [2.75, 3.05) is 26.9 Å². The summed E-state index contributed by atoms with van der Waals surface area (Å²) >= 11 is 0. The molecule has 0 saturated carbocycles. The van der Waals surface area contributed by atoms with Gasteiger partial charge in [-0.15, -0.1) is 0 Å². The summed E-state index contributed by atoms with van der Waals surface area (Å²) in [6, 6.07) is 0.184. The first-order chi connectivity index (χ1) is 7.58. The molecule has 0 aromatic rings. The van der Waals surface area contributed by atoms with Gasteiger partial charge in [0.15, 0.2) is 0 Å². The van der Waals surface area contributed by atoms with Gasteiger partial charge in [0.2, 0.25) is 0 Å². The van der Waals surface area contributed by atoms with Crippen molar-refractivity contribution in [2.24, 2.45) is 0 Å². The molecule has 5 nitrogen and oxygen atoms in total. The third-order valence-electron chi connectivity index (χ3n) is 3.06. The van der Waals surface area contributed by atoms with Crippen LogP contribution in [0.2, 0.25) is 0 Å². The van der Waals surface area contributed by atoms with Gasteiger partial charge in [0.25, 0.3) is 0 Å². The van der Waals surface area contributed by atoms with Gasteiger partial charge in [0.05, 0.1) is 6.61 Å². The van der Waals surface area contributed by atoms with Crippen LogP contribution in [-0.2, 0) is 14.3 Å². The Balaban J connectivity index is 2.24. The summed E-state index contributed by atoms with van der Waals surface area (Å²) in [4.78, 5) is 10.4. The van der Waals surface area contributed by atoms with Gasteiger partial charge in [-0.2, -0.15) is 0 Å². The summed E-state index contributed by atoms with van der Waals surface area (Å²) in [6.45, 7) is 4.05. The van der Waals surface area contributed by atoms with Crippen LogP contribution in [-0.4, -0.2) is 49.6 Å². The summed E-state index contributed by atoms with van der Waals surface area (Å²) in [5, 5.41) is 11.9. The van der Waals surface area contributed by atoms with Crippen molar-refractivity contribution in [1.29, 1.82) is 0 Å². The van der Waals surface area contributed by atoms with Crippen molar-refractivity contribution < 1.29 is 19.4 Å². The first-order valence-electron chi connectivity index (χ1n) is 5.66. The second-order valence-corrected chi connectivity index (χ2v) is 4.40. The zero-order valence-corrected chi connectivity index (χ0v) is 9.99. The van der Waals surface area contributed by atoms with Crippen LogP contribution in [0.25, 0.3) is 0 Å². The van der Waals surface area contributed by atoms with E-state index in [1.807, 2.05) is 6.92 Å². The van der Waals surface area contributed by atoms with Crippen LogP contribution in [0.5, 0.6) is 0 Å². The molecule has 0 aromatic heterocycles. The maximum atomic E-state index is 10.4. The summed E-state index contributed by atoms with van der Waals surface area (Å²) < 4.78 is 10.8. The fraction of sp³-hybridized carbons (Fsp3) is 0.909. The monoisotopic (exact) mass is 231 g/mol. The maximum Gasteiger partial charge on any atom is 0.303 e. The molecule has 1 aliphatic heterocycles. The van der Waals surface area contributed by atoms with Gasteiger partial charge in [-0.3, -0.25) is 4.79 Å². The van der Waals surface area contributed by atoms with Crippen LogP contribution < -0.4 is 5.32 Å². The molecule has 2 atom stereocenters. The molecule has 0 aromatic carbocycles. The van der Waals surface area contributed by atoms with Gasteiger partial charge in [0.1, 0.15) is 5.60 Å². The molecule has 1 rings (SSSR count). The highest BCUT2D eigenvalue weighted by Crippen LogP contribution is 2.21. The van der Waals surface area contributed by atoms with Crippen molar-refractivity contribution in [2.45, 2.75) is 37.8 Å². The molecule has 16 heavy (non-hydrogen) atoms. The van der Waals surface area contributed by atoms with Crippen LogP contribution in [0.4, 0.5) is 0 Å². The molecule has 2 N–H and O–H groups in total. The lowest BCUT2D eigenvalue weighted by Crippen LogP contribution is -2.45. The molecule has 1 heterocycles. The minimum atomic E-state index is -0.751. The number of aliphatic carboxylic acids is 1. The predicted molar refractivity (Wildman–Crippen MR) is 59.5 cm³/mol. The summed E-state index contributed by atoms with van der Waals surface area (Å²) in [6.07, 6.45) is 1.72. The number of rotatable bonds is 7. The van der Waals surface area contributed by atoms with E-state index in [0.717, 1.165) is 13.0 Å². The average molecular weight is 231 g/mol. The number of nitrogens with one attached hydrogen (secondary N) is 1. The second kappa shape index (κ2) is 6.18. The molecular formula is C11H21NO4. The molecule has 5 heteroatoms. The van der Waals surface area contributed by atoms with Gasteiger partial charge < -0.3 is 19.9 Å². The zero-order chi connectivity index (χ0) is 12.0. The Hall–Kier alpha value is -0.650. The van der Waals surface area contributed by atoms with E-state index < -0.39 is 5.97 Å². The van der Waals surface area contributed by atoms with E-state index in [-0.39, 0.29) is 18.1 Å². The predicted octanol–water partition coefficient (Wildman–Crippen LogP) is 0.635. The van der Waals surface area contributed by atoms with E-state index in [4.69, 9.17) is 14.6 Å². The Bertz CT molecular complexity index is 226. The molecule has 0 aliphatic carbocycles. The molecule has 0 radical (unpaired) electrons. The molecule has 1 saturated heterocycles. The lowest BCUT2D eigenvalue weighted by molar-refractivity contribution is -0.137. The van der Waals surface area contributed by atoms with Crippen molar-refractivity contribution in [3.05, 3.63) is 0 Å². The second-order valence-electron chi connectivity index (χ2n) is 4.40. The Kier molecular flexibility index (Phi) is 5.18. The quantitative estimate of drug-likeness (QED) is 0.673. The number of hydrogen-bond acceptors (Lipinski definition) is 4. The first-order valence-corrected chi connectivity index (χ1v) is 5.66. The van der Waals surface area contributed by atoms with Gasteiger partial charge in [-0.25, -0.2) is 0 Å². The number of carbonyl (C=O) groups is 1. The van der Waals surface area contributed by atoms with Gasteiger partial charge in [-0.05, 0) is 13.3 Å². The summed E-state index contributed by atoms with van der Waals surface area (Å²) in [5.41, 5.74) is -0.225. The van der Waals surface area contributed by atoms with Crippen LogP contribution in [0.1, 0.15) is 26.2 Å². The maximum absolute atomic E-state index is 10.4. The van der Waals surface area contributed by atoms with Crippen molar-refractivity contribution in [1.82, 2.24) is 5.32 Å². The topological polar surface area (TPSA) is 67.8 Å². The van der Waals surface area contributed by atoms with Crippen molar-refractivity contribution >= 4 is 5.97 Å². The highest BCUT2D eigenvalue weighted by molar-refractivity contribution is 5.66. The summed E-state index contributed by atoms with van der Waals surface area (Å²) in [5.74, 6) is -0.751. The van der Waals surface area contributed by atoms with Crippen molar-refractivity contribution in [3.8, 4) is 0 Å². The lowest BCUT2D eigenvalue weighted by Gasteiger charge is -2.27. The van der Waals surface area contributed by atoms with E-state index >= 15 is 0 Å². The Morgan fingerprint density at radius 3 is 2.94 bits per heavy atom. The molecule has 1 aliphatic rings. The number of methoxy groups -OCH3 is 1. The van der Waals surface area contributed by atoms with E-state index in [1.165, 1.54) is 0 Å².